The summed E-state index contributed by atoms with van der Waals surface area (Å²) in [6, 6.07) is 0. The summed E-state index contributed by atoms with van der Waals surface area (Å²) < 4.78 is 68.6. The number of aliphatic hydroxyl groups excluding tert-OH is 1. The van der Waals surface area contributed by atoms with Crippen molar-refractivity contribution < 1.29 is 80.2 Å². The number of aliphatic hydroxyl groups is 1. The third-order valence-electron chi connectivity index (χ3n) is 18.2. The molecule has 0 radical (unpaired) electrons. The van der Waals surface area contributed by atoms with Gasteiger partial charge in [-0.25, -0.2) is 9.13 Å². The Bertz CT molecular complexity index is 1870. The fourth-order valence-electron chi connectivity index (χ4n) is 12.0. The van der Waals surface area contributed by atoms with Crippen molar-refractivity contribution in [2.24, 2.45) is 11.8 Å². The first kappa shape index (κ1) is 95.1. The normalized spacial score (nSPS) is 14.0. The molecule has 0 aromatic carbocycles. The first-order chi connectivity index (χ1) is 46.9. The van der Waals surface area contributed by atoms with Gasteiger partial charge >= 0.3 is 39.5 Å². The van der Waals surface area contributed by atoms with Crippen LogP contribution in [0, 0.1) is 11.8 Å². The predicted octanol–water partition coefficient (Wildman–Crippen LogP) is 23.1. The molecule has 576 valence electrons. The van der Waals surface area contributed by atoms with Crippen molar-refractivity contribution in [3.05, 3.63) is 0 Å². The standard InChI is InChI=1S/C78H152O17P2/c1-7-9-11-13-15-17-19-20-21-22-26-30-37-43-49-55-61-76(81)89-67-73(94-77(82)62-56-50-44-38-31-27-24-23-25-29-34-40-46-52-58-70(3)4)68-92-96(84,85)90-64-72(79)65-91-97(86,87)93-69-74(66-88-75(80)60-54-48-42-36-28-18-16-14-12-10-8-2)95-78(83)63-57-51-45-39-33-32-35-41-47-53-59-71(5)6/h70-74,79H,7-69H2,1-6H3,(H,84,85)(H,86,87)/t72-,73-,74-/m1/s1. The molecule has 5 atom stereocenters. The molecule has 97 heavy (non-hydrogen) atoms. The molecule has 0 aromatic heterocycles. The highest BCUT2D eigenvalue weighted by atomic mass is 31.2. The number of carbonyl (C=O) groups excluding carboxylic acids is 4. The summed E-state index contributed by atoms with van der Waals surface area (Å²) >= 11 is 0. The van der Waals surface area contributed by atoms with Crippen molar-refractivity contribution in [2.45, 2.75) is 426 Å². The van der Waals surface area contributed by atoms with Crippen molar-refractivity contribution in [3.63, 3.8) is 0 Å². The molecular weight excluding hydrogens is 1270 g/mol. The molecule has 19 heteroatoms. The number of carbonyl (C=O) groups is 4. The zero-order valence-electron chi connectivity index (χ0n) is 63.4. The third kappa shape index (κ3) is 72.2. The Hall–Kier alpha value is -1.94. The van der Waals surface area contributed by atoms with Gasteiger partial charge in [0.1, 0.15) is 19.3 Å². The van der Waals surface area contributed by atoms with Crippen LogP contribution in [0.1, 0.15) is 408 Å². The van der Waals surface area contributed by atoms with Crippen LogP contribution in [0.3, 0.4) is 0 Å². The molecule has 0 saturated heterocycles. The van der Waals surface area contributed by atoms with Crippen LogP contribution < -0.4 is 0 Å². The Morgan fingerprint density at radius 2 is 0.474 bits per heavy atom. The van der Waals surface area contributed by atoms with Crippen LogP contribution in [0.4, 0.5) is 0 Å². The molecule has 0 aromatic rings. The van der Waals surface area contributed by atoms with E-state index >= 15 is 0 Å². The smallest absolute Gasteiger partial charge is 0.462 e. The van der Waals surface area contributed by atoms with Crippen molar-refractivity contribution in [1.82, 2.24) is 0 Å². The maximum absolute atomic E-state index is 13.1. The topological polar surface area (TPSA) is 237 Å². The molecule has 2 unspecified atom stereocenters. The summed E-state index contributed by atoms with van der Waals surface area (Å²) in [6.45, 7) is 9.63. The molecule has 0 fully saturated rings. The minimum Gasteiger partial charge on any atom is -0.462 e. The van der Waals surface area contributed by atoms with E-state index in [4.69, 9.17) is 37.0 Å². The molecule has 0 aliphatic rings. The summed E-state index contributed by atoms with van der Waals surface area (Å²) in [5.41, 5.74) is 0. The Labute approximate surface area is 594 Å². The largest absolute Gasteiger partial charge is 0.472 e. The van der Waals surface area contributed by atoms with Crippen molar-refractivity contribution in [1.29, 1.82) is 0 Å². The van der Waals surface area contributed by atoms with Gasteiger partial charge in [-0.1, -0.05) is 356 Å². The summed E-state index contributed by atoms with van der Waals surface area (Å²) in [5, 5.41) is 10.6. The molecule has 0 spiro atoms. The maximum atomic E-state index is 13.1. The van der Waals surface area contributed by atoms with Crippen LogP contribution in [0.25, 0.3) is 0 Å². The lowest BCUT2D eigenvalue weighted by atomic mass is 10.0. The highest BCUT2D eigenvalue weighted by Crippen LogP contribution is 2.45. The lowest BCUT2D eigenvalue weighted by molar-refractivity contribution is -0.161. The SMILES string of the molecule is CCCCCCCCCCCCCCCCCCC(=O)OC[C@H](COP(=O)(O)OC[C@@H](O)COP(=O)(O)OC[C@@H](COC(=O)CCCCCCCCCCCCC)OC(=O)CCCCCCCCCCCCC(C)C)OC(=O)CCCCCCCCCCCCCCCCC(C)C. The highest BCUT2D eigenvalue weighted by molar-refractivity contribution is 7.47. The van der Waals surface area contributed by atoms with E-state index in [-0.39, 0.29) is 25.7 Å². The van der Waals surface area contributed by atoms with E-state index in [0.717, 1.165) is 102 Å². The first-order valence-electron chi connectivity index (χ1n) is 40.5. The van der Waals surface area contributed by atoms with Gasteiger partial charge in [0.2, 0.25) is 0 Å². The van der Waals surface area contributed by atoms with Gasteiger partial charge in [0.15, 0.2) is 12.2 Å². The highest BCUT2D eigenvalue weighted by Gasteiger charge is 2.30. The molecule has 3 N–H and O–H groups in total. The number of phosphoric ester groups is 2. The van der Waals surface area contributed by atoms with Crippen LogP contribution in [0.2, 0.25) is 0 Å². The van der Waals surface area contributed by atoms with E-state index in [1.807, 2.05) is 0 Å². The number of rotatable bonds is 77. The Kier molecular flexibility index (Phi) is 68.4. The van der Waals surface area contributed by atoms with Crippen LogP contribution in [0.15, 0.2) is 0 Å². The van der Waals surface area contributed by atoms with E-state index in [1.165, 1.54) is 225 Å². The van der Waals surface area contributed by atoms with Gasteiger partial charge in [0.25, 0.3) is 0 Å². The monoisotopic (exact) mass is 1420 g/mol. The minimum atomic E-state index is -4.96. The van der Waals surface area contributed by atoms with Crippen LogP contribution >= 0.6 is 15.6 Å². The molecule has 0 aliphatic carbocycles. The number of esters is 4. The molecular formula is C78H152O17P2. The van der Waals surface area contributed by atoms with Crippen LogP contribution in [-0.2, 0) is 65.4 Å². The molecule has 17 nitrogen and oxygen atoms in total. The average molecular weight is 1420 g/mol. The molecule has 0 rings (SSSR count). The van der Waals surface area contributed by atoms with Gasteiger partial charge in [-0.2, -0.15) is 0 Å². The van der Waals surface area contributed by atoms with Gasteiger partial charge in [-0.05, 0) is 37.5 Å². The number of unbranched alkanes of at least 4 members (excludes halogenated alkanes) is 47. The number of ether oxygens (including phenoxy) is 4. The Morgan fingerprint density at radius 3 is 0.701 bits per heavy atom. The predicted molar refractivity (Wildman–Crippen MR) is 395 cm³/mol. The molecule has 0 bridgehead atoms. The Morgan fingerprint density at radius 1 is 0.278 bits per heavy atom. The lowest BCUT2D eigenvalue weighted by Gasteiger charge is -2.21. The molecule has 0 heterocycles. The summed E-state index contributed by atoms with van der Waals surface area (Å²) in [5.74, 6) is -0.564. The second-order valence-corrected chi connectivity index (χ2v) is 32.0. The van der Waals surface area contributed by atoms with E-state index in [9.17, 15) is 43.2 Å². The van der Waals surface area contributed by atoms with Crippen molar-refractivity contribution >= 4 is 39.5 Å². The summed E-state index contributed by atoms with van der Waals surface area (Å²) in [6.07, 6.45) is 58.1. The van der Waals surface area contributed by atoms with Crippen LogP contribution in [0.5, 0.6) is 0 Å². The second kappa shape index (κ2) is 69.8. The molecule has 0 amide bonds. The van der Waals surface area contributed by atoms with Gasteiger partial charge in [0.05, 0.1) is 26.4 Å². The minimum absolute atomic E-state index is 0.106. The second-order valence-electron chi connectivity index (χ2n) is 29.1. The summed E-state index contributed by atoms with van der Waals surface area (Å²) in [4.78, 5) is 72.9. The van der Waals surface area contributed by atoms with E-state index < -0.39 is 97.5 Å². The van der Waals surface area contributed by atoms with Crippen LogP contribution in [-0.4, -0.2) is 96.7 Å². The Balaban J connectivity index is 5.25. The van der Waals surface area contributed by atoms with Crippen molar-refractivity contribution in [2.75, 3.05) is 39.6 Å². The lowest BCUT2D eigenvalue weighted by Crippen LogP contribution is -2.30. The zero-order chi connectivity index (χ0) is 71.4. The maximum Gasteiger partial charge on any atom is 0.472 e. The summed E-state index contributed by atoms with van der Waals surface area (Å²) in [7, 11) is -9.91. The van der Waals surface area contributed by atoms with E-state index in [1.54, 1.807) is 0 Å². The van der Waals surface area contributed by atoms with E-state index in [0.29, 0.717) is 25.7 Å². The van der Waals surface area contributed by atoms with Gasteiger partial charge < -0.3 is 33.8 Å². The molecule has 0 aliphatic heterocycles. The average Bonchev–Trinajstić information content (AvgIpc) is 1.00. The van der Waals surface area contributed by atoms with Crippen molar-refractivity contribution in [3.8, 4) is 0 Å². The zero-order valence-corrected chi connectivity index (χ0v) is 65.2. The van der Waals surface area contributed by atoms with Gasteiger partial charge in [-0.15, -0.1) is 0 Å². The first-order valence-corrected chi connectivity index (χ1v) is 43.5. The van der Waals surface area contributed by atoms with E-state index in [2.05, 4.69) is 41.5 Å². The fourth-order valence-corrected chi connectivity index (χ4v) is 13.6. The number of phosphoric acid groups is 2. The van der Waals surface area contributed by atoms with Gasteiger partial charge in [0, 0.05) is 25.7 Å². The number of hydrogen-bond acceptors (Lipinski definition) is 15. The quantitative estimate of drug-likeness (QED) is 0.0222. The fraction of sp³-hybridized carbons (Fsp3) is 0.949. The van der Waals surface area contributed by atoms with Gasteiger partial charge in [-0.3, -0.25) is 37.3 Å². The molecule has 0 saturated carbocycles. The third-order valence-corrected chi connectivity index (χ3v) is 20.1. The number of hydrogen-bond donors (Lipinski definition) is 3.